The number of morpholine rings is 1. The summed E-state index contributed by atoms with van der Waals surface area (Å²) >= 11 is 0. The molecule has 0 amide bonds. The molecule has 0 bridgehead atoms. The normalized spacial score (nSPS) is 19.4. The second-order valence-electron chi connectivity index (χ2n) is 7.85. The van der Waals surface area contributed by atoms with Gasteiger partial charge < -0.3 is 29.7 Å². The number of hydrogen-bond donors (Lipinski definition) is 3. The lowest BCUT2D eigenvalue weighted by molar-refractivity contribution is -0.0327. The summed E-state index contributed by atoms with van der Waals surface area (Å²) < 4.78 is 5.41. The van der Waals surface area contributed by atoms with Crippen LogP contribution in [0, 0.1) is 0 Å². The van der Waals surface area contributed by atoms with Crippen LogP contribution >= 0.6 is 0 Å². The van der Waals surface area contributed by atoms with Gasteiger partial charge in [-0.15, -0.1) is 0 Å². The first-order chi connectivity index (χ1) is 14.6. The van der Waals surface area contributed by atoms with E-state index in [-0.39, 0.29) is 6.61 Å². The maximum absolute atomic E-state index is 10.3. The minimum atomic E-state index is -1.02. The van der Waals surface area contributed by atoms with E-state index < -0.39 is 5.60 Å². The van der Waals surface area contributed by atoms with Gasteiger partial charge in [-0.25, -0.2) is 15.0 Å². The van der Waals surface area contributed by atoms with E-state index in [9.17, 15) is 10.2 Å². The number of aromatic amines is 1. The van der Waals surface area contributed by atoms with Crippen LogP contribution in [0.25, 0.3) is 22.4 Å². The first-order valence-corrected chi connectivity index (χ1v) is 10.2. The quantitative estimate of drug-likeness (QED) is 0.565. The van der Waals surface area contributed by atoms with Crippen molar-refractivity contribution in [2.75, 3.05) is 55.8 Å². The Morgan fingerprint density at radius 3 is 2.53 bits per heavy atom. The second kappa shape index (κ2) is 7.78. The number of hydrogen-bond acceptors (Lipinski definition) is 9. The van der Waals surface area contributed by atoms with Crippen molar-refractivity contribution in [1.82, 2.24) is 24.9 Å². The number of aliphatic hydroxyl groups is 2. The van der Waals surface area contributed by atoms with Crippen molar-refractivity contribution in [3.05, 3.63) is 24.7 Å². The number of anilines is 2. The Morgan fingerprint density at radius 2 is 1.83 bits per heavy atom. The summed E-state index contributed by atoms with van der Waals surface area (Å²) in [7, 11) is 0. The number of aromatic nitrogens is 5. The topological polar surface area (TPSA) is 124 Å². The second-order valence-corrected chi connectivity index (χ2v) is 7.85. The maximum atomic E-state index is 10.3. The van der Waals surface area contributed by atoms with Gasteiger partial charge in [-0.2, -0.15) is 4.98 Å². The Bertz CT molecular complexity index is 1010. The zero-order chi connectivity index (χ0) is 20.6. The van der Waals surface area contributed by atoms with E-state index in [1.54, 1.807) is 6.33 Å². The average Bonchev–Trinajstić information content (AvgIpc) is 3.28. The van der Waals surface area contributed by atoms with Crippen LogP contribution in [0.2, 0.25) is 0 Å². The molecule has 3 aromatic rings. The van der Waals surface area contributed by atoms with Gasteiger partial charge in [-0.1, -0.05) is 0 Å². The number of H-pyrrole nitrogens is 1. The molecule has 5 rings (SSSR count). The third-order valence-corrected chi connectivity index (χ3v) is 5.90. The van der Waals surface area contributed by atoms with Crippen molar-refractivity contribution in [3.8, 4) is 11.3 Å². The molecule has 2 aliphatic rings. The van der Waals surface area contributed by atoms with Crippen LogP contribution < -0.4 is 9.80 Å². The Morgan fingerprint density at radius 1 is 1.03 bits per heavy atom. The van der Waals surface area contributed by atoms with E-state index in [1.165, 1.54) is 0 Å². The minimum Gasteiger partial charge on any atom is -0.393 e. The van der Waals surface area contributed by atoms with E-state index in [0.29, 0.717) is 50.7 Å². The van der Waals surface area contributed by atoms with E-state index in [4.69, 9.17) is 9.72 Å². The fourth-order valence-corrected chi connectivity index (χ4v) is 3.96. The van der Waals surface area contributed by atoms with Gasteiger partial charge in [0.2, 0.25) is 5.95 Å². The predicted molar refractivity (Wildman–Crippen MR) is 111 cm³/mol. The largest absolute Gasteiger partial charge is 0.393 e. The molecule has 0 aromatic carbocycles. The van der Waals surface area contributed by atoms with E-state index in [1.807, 2.05) is 23.2 Å². The summed E-state index contributed by atoms with van der Waals surface area (Å²) in [6.45, 7) is 4.02. The van der Waals surface area contributed by atoms with E-state index in [0.717, 1.165) is 35.7 Å². The Hall–Kier alpha value is -2.82. The molecule has 2 saturated heterocycles. The lowest BCUT2D eigenvalue weighted by Gasteiger charge is -2.37. The summed E-state index contributed by atoms with van der Waals surface area (Å²) in [5.41, 5.74) is 1.97. The van der Waals surface area contributed by atoms with Crippen molar-refractivity contribution in [2.24, 2.45) is 0 Å². The van der Waals surface area contributed by atoms with Crippen molar-refractivity contribution < 1.29 is 14.9 Å². The molecule has 10 heteroatoms. The highest BCUT2D eigenvalue weighted by atomic mass is 16.5. The molecule has 2 aliphatic heterocycles. The van der Waals surface area contributed by atoms with Crippen molar-refractivity contribution in [2.45, 2.75) is 18.4 Å². The Kier molecular flexibility index (Phi) is 4.97. The smallest absolute Gasteiger partial charge is 0.228 e. The number of nitrogens with one attached hydrogen (secondary N) is 1. The van der Waals surface area contributed by atoms with Crippen LogP contribution in [0.3, 0.4) is 0 Å². The maximum Gasteiger partial charge on any atom is 0.228 e. The first-order valence-electron chi connectivity index (χ1n) is 10.2. The van der Waals surface area contributed by atoms with Gasteiger partial charge in [0.05, 0.1) is 31.7 Å². The van der Waals surface area contributed by atoms with Crippen LogP contribution in [0.1, 0.15) is 12.8 Å². The predicted octanol–water partition coefficient (Wildman–Crippen LogP) is 0.575. The van der Waals surface area contributed by atoms with Gasteiger partial charge in [-0.3, -0.25) is 0 Å². The van der Waals surface area contributed by atoms with Gasteiger partial charge in [0.25, 0.3) is 0 Å². The first kappa shape index (κ1) is 19.2. The molecule has 10 nitrogen and oxygen atoms in total. The number of aliphatic hydroxyl groups excluding tert-OH is 1. The van der Waals surface area contributed by atoms with Crippen LogP contribution in [0.5, 0.6) is 0 Å². The molecule has 0 spiro atoms. The highest BCUT2D eigenvalue weighted by molar-refractivity contribution is 5.88. The monoisotopic (exact) mass is 411 g/mol. The molecule has 2 fully saturated rings. The average molecular weight is 411 g/mol. The zero-order valence-corrected chi connectivity index (χ0v) is 16.7. The molecule has 5 heterocycles. The highest BCUT2D eigenvalue weighted by Crippen LogP contribution is 2.29. The third-order valence-electron chi connectivity index (χ3n) is 5.90. The van der Waals surface area contributed by atoms with Gasteiger partial charge in [0.1, 0.15) is 17.0 Å². The zero-order valence-electron chi connectivity index (χ0n) is 16.7. The summed E-state index contributed by atoms with van der Waals surface area (Å²) in [5, 5.41) is 19.7. The molecule has 158 valence electrons. The third kappa shape index (κ3) is 3.57. The molecular weight excluding hydrogens is 386 g/mol. The minimum absolute atomic E-state index is 0.230. The molecule has 0 atom stereocenters. The molecule has 0 aliphatic carbocycles. The lowest BCUT2D eigenvalue weighted by Crippen LogP contribution is -2.47. The summed E-state index contributed by atoms with van der Waals surface area (Å²) in [6.07, 6.45) is 4.38. The molecular formula is C20H25N7O3. The number of piperidine rings is 1. The number of rotatable bonds is 4. The summed E-state index contributed by atoms with van der Waals surface area (Å²) in [5.74, 6) is 1.50. The van der Waals surface area contributed by atoms with Crippen molar-refractivity contribution >= 4 is 22.9 Å². The molecule has 0 saturated carbocycles. The van der Waals surface area contributed by atoms with E-state index in [2.05, 4.69) is 24.8 Å². The van der Waals surface area contributed by atoms with Gasteiger partial charge >= 0.3 is 0 Å². The molecule has 30 heavy (non-hydrogen) atoms. The number of imidazole rings is 1. The van der Waals surface area contributed by atoms with Gasteiger partial charge in [-0.05, 0) is 25.0 Å². The molecule has 3 aromatic heterocycles. The van der Waals surface area contributed by atoms with Crippen molar-refractivity contribution in [3.63, 3.8) is 0 Å². The summed E-state index contributed by atoms with van der Waals surface area (Å²) in [4.78, 5) is 25.7. The molecule has 3 N–H and O–H groups in total. The Labute approximate surface area is 173 Å². The van der Waals surface area contributed by atoms with Crippen LogP contribution in [-0.2, 0) is 4.74 Å². The van der Waals surface area contributed by atoms with Crippen molar-refractivity contribution in [1.29, 1.82) is 0 Å². The lowest BCUT2D eigenvalue weighted by atomic mass is 9.93. The highest BCUT2D eigenvalue weighted by Gasteiger charge is 2.32. The molecule has 0 radical (unpaired) electrons. The molecule has 0 unspecified atom stereocenters. The number of nitrogens with zero attached hydrogens (tertiary/aromatic N) is 6. The van der Waals surface area contributed by atoms with Crippen LogP contribution in [0.15, 0.2) is 24.7 Å². The van der Waals surface area contributed by atoms with Gasteiger partial charge in [0, 0.05) is 37.9 Å². The number of pyridine rings is 1. The number of ether oxygens (including phenoxy) is 1. The Balaban J connectivity index is 1.45. The van der Waals surface area contributed by atoms with Gasteiger partial charge in [0.15, 0.2) is 5.65 Å². The van der Waals surface area contributed by atoms with E-state index >= 15 is 0 Å². The number of fused-ring (bicyclic) bond motifs is 1. The standard InChI is InChI=1S/C20H25N7O3/c28-12-20(29)3-5-27(6-4-20)19-24-16(17-18(25-19)23-13-22-17)14-1-2-15(21-11-14)26-7-9-30-10-8-26/h1-2,11,13,28-29H,3-10,12H2,(H,22,23,24,25). The SMILES string of the molecule is OCC1(O)CCN(c2nc(-c3ccc(N4CCOCC4)nc3)c3[nH]cnc3n2)CC1. The fraction of sp³-hybridized carbons (Fsp3) is 0.500. The summed E-state index contributed by atoms with van der Waals surface area (Å²) in [6, 6.07) is 4.03. The fourth-order valence-electron chi connectivity index (χ4n) is 3.96. The van der Waals surface area contributed by atoms with Crippen LogP contribution in [-0.4, -0.2) is 86.7 Å². The van der Waals surface area contributed by atoms with Crippen LogP contribution in [0.4, 0.5) is 11.8 Å².